The highest BCUT2D eigenvalue weighted by Gasteiger charge is 2.09. The molecule has 1 rings (SSSR count). The van der Waals surface area contributed by atoms with Gasteiger partial charge in [-0.05, 0) is 51.4 Å². The van der Waals surface area contributed by atoms with Crippen molar-refractivity contribution in [1.82, 2.24) is 9.62 Å². The van der Waals surface area contributed by atoms with Crippen molar-refractivity contribution in [2.75, 3.05) is 31.9 Å². The van der Waals surface area contributed by atoms with Crippen LogP contribution in [-0.4, -0.2) is 36.8 Å². The largest absolute Gasteiger partial charge is 0.303 e. The zero-order valence-corrected chi connectivity index (χ0v) is 12.3. The van der Waals surface area contributed by atoms with Gasteiger partial charge in [-0.1, -0.05) is 42.8 Å². The zero-order chi connectivity index (χ0) is 13.1. The Morgan fingerprint density at radius 3 is 2.83 bits per heavy atom. The van der Waals surface area contributed by atoms with Crippen LogP contribution in [-0.2, 0) is 0 Å². The van der Waals surface area contributed by atoms with Crippen LogP contribution in [0, 0.1) is 0 Å². The second-order valence-electron chi connectivity index (χ2n) is 4.58. The Labute approximate surface area is 116 Å². The van der Waals surface area contributed by atoms with Gasteiger partial charge in [0.05, 0.1) is 0 Å². The molecule has 0 unspecified atom stereocenters. The molecule has 0 saturated carbocycles. The minimum atomic E-state index is 0.908. The molecule has 0 aromatic carbocycles. The number of nitrogens with one attached hydrogen (secondary N) is 1. The number of rotatable bonds is 9. The van der Waals surface area contributed by atoms with Crippen LogP contribution in [0.5, 0.6) is 0 Å². The van der Waals surface area contributed by atoms with E-state index in [9.17, 15) is 0 Å². The zero-order valence-electron chi connectivity index (χ0n) is 11.5. The van der Waals surface area contributed by atoms with E-state index in [0.717, 1.165) is 12.1 Å². The van der Waals surface area contributed by atoms with Gasteiger partial charge >= 0.3 is 0 Å². The van der Waals surface area contributed by atoms with Gasteiger partial charge in [0, 0.05) is 12.3 Å². The summed E-state index contributed by atoms with van der Waals surface area (Å²) in [6.07, 6.45) is 12.3. The van der Waals surface area contributed by atoms with Crippen molar-refractivity contribution in [2.24, 2.45) is 0 Å². The minimum absolute atomic E-state index is 0.908. The highest BCUT2D eigenvalue weighted by atomic mass is 32.2. The fourth-order valence-corrected chi connectivity index (χ4v) is 2.66. The molecule has 3 heteroatoms. The average molecular weight is 266 g/mol. The lowest BCUT2D eigenvalue weighted by Gasteiger charge is -2.13. The summed E-state index contributed by atoms with van der Waals surface area (Å²) >= 11 is 1.83. The Morgan fingerprint density at radius 1 is 1.33 bits per heavy atom. The first kappa shape index (κ1) is 15.5. The summed E-state index contributed by atoms with van der Waals surface area (Å²) in [7, 11) is 0. The maximum Gasteiger partial charge on any atom is 0.0242 e. The first-order valence-corrected chi connectivity index (χ1v) is 7.86. The molecule has 0 spiro atoms. The number of hydrogen-bond acceptors (Lipinski definition) is 3. The average Bonchev–Trinajstić information content (AvgIpc) is 2.86. The number of hydrogen-bond donors (Lipinski definition) is 1. The monoisotopic (exact) mass is 266 g/mol. The van der Waals surface area contributed by atoms with Crippen molar-refractivity contribution in [1.29, 1.82) is 0 Å². The van der Waals surface area contributed by atoms with Crippen LogP contribution in [0.2, 0.25) is 0 Å². The molecular formula is C15H26N2S. The van der Waals surface area contributed by atoms with Crippen molar-refractivity contribution < 1.29 is 0 Å². The third kappa shape index (κ3) is 7.75. The number of likely N-dealkylation sites (tertiary alicyclic amines) is 1. The molecule has 0 aromatic rings. The van der Waals surface area contributed by atoms with Gasteiger partial charge in [0.2, 0.25) is 0 Å². The molecule has 0 radical (unpaired) electrons. The molecule has 0 atom stereocenters. The van der Waals surface area contributed by atoms with E-state index in [0.29, 0.717) is 0 Å². The van der Waals surface area contributed by atoms with E-state index in [4.69, 9.17) is 0 Å². The minimum Gasteiger partial charge on any atom is -0.303 e. The molecule has 0 aliphatic carbocycles. The van der Waals surface area contributed by atoms with Crippen LogP contribution in [0.4, 0.5) is 0 Å². The SMILES string of the molecule is C=C(/C=C\CNSCCCN1CCCC1)/C=C/C. The molecule has 0 bridgehead atoms. The highest BCUT2D eigenvalue weighted by molar-refractivity contribution is 7.97. The summed E-state index contributed by atoms with van der Waals surface area (Å²) in [6, 6.07) is 0. The summed E-state index contributed by atoms with van der Waals surface area (Å²) in [5, 5.41) is 0. The van der Waals surface area contributed by atoms with Crippen molar-refractivity contribution in [2.45, 2.75) is 26.2 Å². The second-order valence-corrected chi connectivity index (χ2v) is 5.56. The predicted octanol–water partition coefficient (Wildman–Crippen LogP) is 3.40. The maximum atomic E-state index is 3.92. The second kappa shape index (κ2) is 10.4. The quantitative estimate of drug-likeness (QED) is 0.391. The standard InChI is InChI=1S/C15H26N2S/c1-3-8-15(2)9-6-10-16-18-14-7-13-17-11-4-5-12-17/h3,6,8-9,16H,2,4-5,7,10-14H2,1H3/b8-3+,9-6-. The molecule has 1 fully saturated rings. The third-order valence-corrected chi connectivity index (χ3v) is 3.80. The smallest absolute Gasteiger partial charge is 0.0242 e. The van der Waals surface area contributed by atoms with Gasteiger partial charge in [0.1, 0.15) is 0 Å². The molecule has 1 aliphatic rings. The van der Waals surface area contributed by atoms with Crippen molar-refractivity contribution in [3.63, 3.8) is 0 Å². The Morgan fingerprint density at radius 2 is 2.11 bits per heavy atom. The molecule has 18 heavy (non-hydrogen) atoms. The first-order valence-electron chi connectivity index (χ1n) is 6.88. The Kier molecular flexibility index (Phi) is 9.00. The summed E-state index contributed by atoms with van der Waals surface area (Å²) in [6.45, 7) is 10.7. The van der Waals surface area contributed by atoms with Crippen LogP contribution in [0.1, 0.15) is 26.2 Å². The van der Waals surface area contributed by atoms with E-state index >= 15 is 0 Å². The highest BCUT2D eigenvalue weighted by Crippen LogP contribution is 2.08. The van der Waals surface area contributed by atoms with Gasteiger partial charge in [0.15, 0.2) is 0 Å². The van der Waals surface area contributed by atoms with Crippen molar-refractivity contribution >= 4 is 11.9 Å². The lowest BCUT2D eigenvalue weighted by molar-refractivity contribution is 0.341. The van der Waals surface area contributed by atoms with E-state index in [1.54, 1.807) is 0 Å². The summed E-state index contributed by atoms with van der Waals surface area (Å²) in [4.78, 5) is 2.57. The lowest BCUT2D eigenvalue weighted by atomic mass is 10.2. The molecule has 2 nitrogen and oxygen atoms in total. The Hall–Kier alpha value is -0.510. The van der Waals surface area contributed by atoms with E-state index in [1.165, 1.54) is 44.6 Å². The van der Waals surface area contributed by atoms with Crippen LogP contribution in [0.25, 0.3) is 0 Å². The van der Waals surface area contributed by atoms with Crippen LogP contribution in [0.3, 0.4) is 0 Å². The van der Waals surface area contributed by atoms with E-state index < -0.39 is 0 Å². The van der Waals surface area contributed by atoms with Gasteiger partial charge in [-0.25, -0.2) is 0 Å². The normalized spacial score (nSPS) is 17.2. The summed E-state index contributed by atoms with van der Waals surface area (Å²) in [5.41, 5.74) is 1.05. The molecule has 1 heterocycles. The summed E-state index contributed by atoms with van der Waals surface area (Å²) < 4.78 is 3.35. The molecular weight excluding hydrogens is 240 g/mol. The van der Waals surface area contributed by atoms with Crippen LogP contribution >= 0.6 is 11.9 Å². The fourth-order valence-electron chi connectivity index (χ4n) is 2.03. The molecule has 0 aromatic heterocycles. The van der Waals surface area contributed by atoms with Gasteiger partial charge in [-0.15, -0.1) is 0 Å². The summed E-state index contributed by atoms with van der Waals surface area (Å²) in [5.74, 6) is 1.19. The third-order valence-electron chi connectivity index (χ3n) is 2.94. The Bertz CT molecular complexity index is 278. The maximum absolute atomic E-state index is 3.92. The topological polar surface area (TPSA) is 15.3 Å². The van der Waals surface area contributed by atoms with Crippen molar-refractivity contribution in [3.8, 4) is 0 Å². The first-order chi connectivity index (χ1) is 8.83. The molecule has 0 amide bonds. The van der Waals surface area contributed by atoms with Gasteiger partial charge in [0.25, 0.3) is 0 Å². The van der Waals surface area contributed by atoms with Gasteiger partial charge in [-0.3, -0.25) is 4.72 Å². The van der Waals surface area contributed by atoms with E-state index in [-0.39, 0.29) is 0 Å². The number of allylic oxidation sites excluding steroid dienone is 4. The predicted molar refractivity (Wildman–Crippen MR) is 83.8 cm³/mol. The lowest BCUT2D eigenvalue weighted by Crippen LogP contribution is -2.21. The van der Waals surface area contributed by atoms with Gasteiger partial charge < -0.3 is 4.90 Å². The van der Waals surface area contributed by atoms with E-state index in [1.807, 2.05) is 31.0 Å². The molecule has 102 valence electrons. The van der Waals surface area contributed by atoms with E-state index in [2.05, 4.69) is 28.4 Å². The van der Waals surface area contributed by atoms with Crippen molar-refractivity contribution in [3.05, 3.63) is 36.5 Å². The van der Waals surface area contributed by atoms with Crippen LogP contribution in [0.15, 0.2) is 36.5 Å². The van der Waals surface area contributed by atoms with Crippen LogP contribution < -0.4 is 4.72 Å². The molecule has 1 aliphatic heterocycles. The molecule has 1 saturated heterocycles. The number of nitrogens with zero attached hydrogens (tertiary/aromatic N) is 1. The Balaban J connectivity index is 1.87. The van der Waals surface area contributed by atoms with Gasteiger partial charge in [-0.2, -0.15) is 0 Å². The fraction of sp³-hybridized carbons (Fsp3) is 0.600. The molecule has 1 N–H and O–H groups in total.